The standard InChI is InChI=1S/C27H24N4O4S2/c1-18-15-20(23-9-5-6-10-24(23)28-18)17-35-21-11-13-22(14-12-21)37(33,34)31-25(19-7-3-2-4-8-19)16-26-29-30-27(32)36-26/h2-15,25,31H,16-17H2,1H3,(H,30,32). The van der Waals surface area contributed by atoms with Gasteiger partial charge in [-0.1, -0.05) is 59.9 Å². The van der Waals surface area contributed by atoms with E-state index in [2.05, 4.69) is 19.9 Å². The number of aromatic nitrogens is 3. The summed E-state index contributed by atoms with van der Waals surface area (Å²) in [7, 11) is -3.86. The van der Waals surface area contributed by atoms with E-state index in [4.69, 9.17) is 4.74 Å². The third-order valence-corrected chi connectivity index (χ3v) is 8.08. The average Bonchev–Trinajstić information content (AvgIpc) is 3.32. The van der Waals surface area contributed by atoms with Crippen LogP contribution in [0, 0.1) is 6.92 Å². The zero-order valence-corrected chi connectivity index (χ0v) is 21.6. The number of benzene rings is 3. The Balaban J connectivity index is 1.32. The summed E-state index contributed by atoms with van der Waals surface area (Å²) in [5, 5.41) is 7.91. The van der Waals surface area contributed by atoms with E-state index >= 15 is 0 Å². The quantitative estimate of drug-likeness (QED) is 0.288. The molecule has 1 unspecified atom stereocenters. The molecule has 1 atom stereocenters. The topological polar surface area (TPSA) is 114 Å². The van der Waals surface area contributed by atoms with Crippen molar-refractivity contribution >= 4 is 32.3 Å². The Labute approximate surface area is 218 Å². The molecule has 0 radical (unpaired) electrons. The number of nitrogens with zero attached hydrogens (tertiary/aromatic N) is 2. The van der Waals surface area contributed by atoms with Crippen LogP contribution in [0.3, 0.4) is 0 Å². The average molecular weight is 533 g/mol. The largest absolute Gasteiger partial charge is 0.489 e. The number of aryl methyl sites for hydroxylation is 1. The first kappa shape index (κ1) is 24.8. The number of ether oxygens (including phenoxy) is 1. The normalized spacial score (nSPS) is 12.5. The van der Waals surface area contributed by atoms with Crippen LogP contribution in [-0.2, 0) is 23.1 Å². The van der Waals surface area contributed by atoms with Gasteiger partial charge in [0.1, 0.15) is 17.4 Å². The number of pyridine rings is 1. The summed E-state index contributed by atoms with van der Waals surface area (Å²) in [5.41, 5.74) is 3.59. The highest BCUT2D eigenvalue weighted by Crippen LogP contribution is 2.24. The van der Waals surface area contributed by atoms with Gasteiger partial charge in [-0.2, -0.15) is 5.10 Å². The maximum atomic E-state index is 13.2. The van der Waals surface area contributed by atoms with Gasteiger partial charge in [0.05, 0.1) is 16.5 Å². The van der Waals surface area contributed by atoms with Crippen LogP contribution in [0.25, 0.3) is 10.9 Å². The van der Waals surface area contributed by atoms with Gasteiger partial charge in [0.25, 0.3) is 0 Å². The van der Waals surface area contributed by atoms with Crippen molar-refractivity contribution in [2.75, 3.05) is 0 Å². The molecule has 2 aromatic heterocycles. The summed E-state index contributed by atoms with van der Waals surface area (Å²) in [6, 6.07) is 24.8. The molecule has 0 aliphatic carbocycles. The van der Waals surface area contributed by atoms with E-state index in [1.807, 2.05) is 67.6 Å². The lowest BCUT2D eigenvalue weighted by Crippen LogP contribution is -2.30. The third kappa shape index (κ3) is 5.93. The number of aromatic amines is 1. The molecule has 5 aromatic rings. The number of sulfonamides is 1. The minimum Gasteiger partial charge on any atom is -0.489 e. The van der Waals surface area contributed by atoms with Crippen molar-refractivity contribution in [2.45, 2.75) is 30.9 Å². The fourth-order valence-corrected chi connectivity index (χ4v) is 5.95. The number of rotatable bonds is 9. The highest BCUT2D eigenvalue weighted by atomic mass is 32.2. The smallest absolute Gasteiger partial charge is 0.322 e. The summed E-state index contributed by atoms with van der Waals surface area (Å²) in [5.74, 6) is 0.554. The zero-order chi connectivity index (χ0) is 25.8. The van der Waals surface area contributed by atoms with Gasteiger partial charge in [-0.3, -0.25) is 9.78 Å². The molecule has 5 rings (SSSR count). The first-order chi connectivity index (χ1) is 17.9. The second kappa shape index (κ2) is 10.6. The number of hydrogen-bond acceptors (Lipinski definition) is 7. The van der Waals surface area contributed by atoms with Crippen molar-refractivity contribution in [3.63, 3.8) is 0 Å². The minimum atomic E-state index is -3.86. The molecule has 3 aromatic carbocycles. The summed E-state index contributed by atoms with van der Waals surface area (Å²) < 4.78 is 35.2. The Morgan fingerprint density at radius 2 is 1.73 bits per heavy atom. The van der Waals surface area contributed by atoms with E-state index in [1.165, 1.54) is 12.1 Å². The predicted octanol–water partition coefficient (Wildman–Crippen LogP) is 4.53. The van der Waals surface area contributed by atoms with Crippen molar-refractivity contribution in [3.8, 4) is 5.75 Å². The van der Waals surface area contributed by atoms with Crippen LogP contribution in [0.1, 0.15) is 27.9 Å². The Hall–Kier alpha value is -3.86. The van der Waals surface area contributed by atoms with Crippen molar-refractivity contribution in [2.24, 2.45) is 0 Å². The molecule has 37 heavy (non-hydrogen) atoms. The molecule has 0 saturated carbocycles. The number of nitrogens with one attached hydrogen (secondary N) is 2. The number of hydrogen-bond donors (Lipinski definition) is 2. The molecule has 0 aliphatic heterocycles. The Morgan fingerprint density at radius 3 is 2.46 bits per heavy atom. The SMILES string of the molecule is Cc1cc(COc2ccc(S(=O)(=O)NC(Cc3n[nH]c(=O)s3)c3ccccc3)cc2)c2ccccc2n1. The van der Waals surface area contributed by atoms with Crippen LogP contribution in [0.4, 0.5) is 0 Å². The van der Waals surface area contributed by atoms with Gasteiger partial charge < -0.3 is 4.74 Å². The molecule has 10 heteroatoms. The maximum Gasteiger partial charge on any atom is 0.322 e. The monoisotopic (exact) mass is 532 g/mol. The lowest BCUT2D eigenvalue weighted by molar-refractivity contribution is 0.307. The van der Waals surface area contributed by atoms with E-state index in [0.717, 1.165) is 39.1 Å². The second-order valence-corrected chi connectivity index (χ2v) is 11.3. The third-order valence-electron chi connectivity index (χ3n) is 5.82. The zero-order valence-electron chi connectivity index (χ0n) is 19.9. The Bertz CT molecular complexity index is 1680. The van der Waals surface area contributed by atoms with Gasteiger partial charge in [0.15, 0.2) is 0 Å². The van der Waals surface area contributed by atoms with E-state index < -0.39 is 16.1 Å². The van der Waals surface area contributed by atoms with Crippen LogP contribution in [0.2, 0.25) is 0 Å². The molecule has 0 saturated heterocycles. The molecular weight excluding hydrogens is 508 g/mol. The first-order valence-electron chi connectivity index (χ1n) is 11.6. The summed E-state index contributed by atoms with van der Waals surface area (Å²) >= 11 is 0.962. The van der Waals surface area contributed by atoms with E-state index in [9.17, 15) is 13.2 Å². The lowest BCUT2D eigenvalue weighted by atomic mass is 10.1. The van der Waals surface area contributed by atoms with Gasteiger partial charge in [-0.25, -0.2) is 18.2 Å². The minimum absolute atomic E-state index is 0.112. The van der Waals surface area contributed by atoms with Crippen LogP contribution in [-0.4, -0.2) is 23.6 Å². The molecule has 2 N–H and O–H groups in total. The number of para-hydroxylation sites is 1. The van der Waals surface area contributed by atoms with E-state index in [0.29, 0.717) is 17.4 Å². The lowest BCUT2D eigenvalue weighted by Gasteiger charge is -2.18. The second-order valence-electron chi connectivity index (χ2n) is 8.50. The van der Waals surface area contributed by atoms with Crippen molar-refractivity contribution in [1.82, 2.24) is 19.9 Å². The van der Waals surface area contributed by atoms with Gasteiger partial charge in [0.2, 0.25) is 10.0 Å². The van der Waals surface area contributed by atoms with E-state index in [-0.39, 0.29) is 16.2 Å². The van der Waals surface area contributed by atoms with Gasteiger partial charge >= 0.3 is 4.87 Å². The summed E-state index contributed by atoms with van der Waals surface area (Å²) in [4.78, 5) is 15.9. The van der Waals surface area contributed by atoms with Crippen LogP contribution >= 0.6 is 11.3 Å². The summed E-state index contributed by atoms with van der Waals surface area (Å²) in [6.07, 6.45) is 0.243. The highest BCUT2D eigenvalue weighted by Gasteiger charge is 2.23. The molecule has 8 nitrogen and oxygen atoms in total. The van der Waals surface area contributed by atoms with Crippen molar-refractivity contribution in [3.05, 3.63) is 116 Å². The Kier molecular flexibility index (Phi) is 7.13. The molecule has 0 spiro atoms. The number of fused-ring (bicyclic) bond motifs is 1. The predicted molar refractivity (Wildman–Crippen MR) is 143 cm³/mol. The molecule has 0 fully saturated rings. The molecule has 188 valence electrons. The highest BCUT2D eigenvalue weighted by molar-refractivity contribution is 7.89. The maximum absolute atomic E-state index is 13.2. The fraction of sp³-hybridized carbons (Fsp3) is 0.148. The molecule has 0 bridgehead atoms. The molecular formula is C27H24N4O4S2. The van der Waals surface area contributed by atoms with Gasteiger partial charge in [-0.15, -0.1) is 0 Å². The molecule has 0 amide bonds. The summed E-state index contributed by atoms with van der Waals surface area (Å²) in [6.45, 7) is 2.27. The van der Waals surface area contributed by atoms with Crippen molar-refractivity contribution < 1.29 is 13.2 Å². The van der Waals surface area contributed by atoms with Crippen LogP contribution in [0.5, 0.6) is 5.75 Å². The van der Waals surface area contributed by atoms with Crippen LogP contribution in [0.15, 0.2) is 94.6 Å². The van der Waals surface area contributed by atoms with Crippen LogP contribution < -0.4 is 14.3 Å². The first-order valence-corrected chi connectivity index (χ1v) is 13.9. The van der Waals surface area contributed by atoms with E-state index in [1.54, 1.807) is 12.1 Å². The van der Waals surface area contributed by atoms with Gasteiger partial charge in [-0.05, 0) is 48.9 Å². The Morgan fingerprint density at radius 1 is 1.00 bits per heavy atom. The molecule has 0 aliphatic rings. The fourth-order valence-electron chi connectivity index (χ4n) is 4.08. The van der Waals surface area contributed by atoms with Crippen molar-refractivity contribution in [1.29, 1.82) is 0 Å². The van der Waals surface area contributed by atoms with Gasteiger partial charge in [0, 0.05) is 23.1 Å². The molecule has 2 heterocycles. The number of H-pyrrole nitrogens is 1.